The average molecular weight is 289 g/mol. The lowest BCUT2D eigenvalue weighted by Gasteiger charge is -2.04. The number of hydrogen-bond acceptors (Lipinski definition) is 4. The third-order valence-corrected chi connectivity index (χ3v) is 2.55. The second kappa shape index (κ2) is 6.47. The zero-order chi connectivity index (χ0) is 13.7. The summed E-state index contributed by atoms with van der Waals surface area (Å²) in [6.07, 6.45) is 1.32. The fourth-order valence-corrected chi connectivity index (χ4v) is 1.53. The van der Waals surface area contributed by atoms with E-state index in [1.54, 1.807) is 0 Å². The van der Waals surface area contributed by atoms with E-state index in [4.69, 9.17) is 20.8 Å². The van der Waals surface area contributed by atoms with Crippen LogP contribution in [0.3, 0.4) is 0 Å². The van der Waals surface area contributed by atoms with Crippen molar-refractivity contribution in [1.82, 2.24) is 10.2 Å². The quantitative estimate of drug-likeness (QED) is 0.766. The number of hydrogen-bond donors (Lipinski definition) is 0. The molecule has 19 heavy (non-hydrogen) atoms. The summed E-state index contributed by atoms with van der Waals surface area (Å²) >= 11 is 5.54. The molecule has 1 aromatic carbocycles. The lowest BCUT2D eigenvalue weighted by atomic mass is 10.3. The Labute approximate surface area is 113 Å². The smallest absolute Gasteiger partial charge is 0.253 e. The minimum atomic E-state index is -0.776. The number of alkyl halides is 1. The number of aryl methyl sites for hydroxylation is 1. The lowest BCUT2D eigenvalue weighted by molar-refractivity contribution is 0.248. The van der Waals surface area contributed by atoms with E-state index in [0.717, 1.165) is 18.6 Å². The van der Waals surface area contributed by atoms with Crippen LogP contribution in [0.5, 0.6) is 5.75 Å². The summed E-state index contributed by atoms with van der Waals surface area (Å²) in [6, 6.07) is 3.06. The highest BCUT2D eigenvalue weighted by atomic mass is 35.5. The van der Waals surface area contributed by atoms with Crippen LogP contribution in [0, 0.1) is 11.6 Å². The van der Waals surface area contributed by atoms with Crippen LogP contribution in [0.2, 0.25) is 0 Å². The maximum atomic E-state index is 13.3. The van der Waals surface area contributed by atoms with Gasteiger partial charge in [0, 0.05) is 18.4 Å². The van der Waals surface area contributed by atoms with Crippen LogP contribution in [0.1, 0.15) is 18.2 Å². The average Bonchev–Trinajstić information content (AvgIpc) is 2.83. The van der Waals surface area contributed by atoms with Crippen LogP contribution in [0.15, 0.2) is 22.6 Å². The van der Waals surface area contributed by atoms with Crippen molar-refractivity contribution < 1.29 is 17.9 Å². The summed E-state index contributed by atoms with van der Waals surface area (Å²) in [4.78, 5) is 0. The molecule has 1 heterocycles. The molecule has 0 amide bonds. The highest BCUT2D eigenvalue weighted by Gasteiger charge is 2.09. The zero-order valence-electron chi connectivity index (χ0n) is 9.91. The Morgan fingerprint density at radius 2 is 2.00 bits per heavy atom. The summed E-state index contributed by atoms with van der Waals surface area (Å²) < 4.78 is 36.4. The number of aromatic nitrogens is 2. The summed E-state index contributed by atoms with van der Waals surface area (Å²) in [5.41, 5.74) is 0. The van der Waals surface area contributed by atoms with Gasteiger partial charge in [-0.15, -0.1) is 21.8 Å². The predicted molar refractivity (Wildman–Crippen MR) is 64.0 cm³/mol. The van der Waals surface area contributed by atoms with E-state index < -0.39 is 11.6 Å². The fraction of sp³-hybridized carbons (Fsp3) is 0.333. The maximum absolute atomic E-state index is 13.3. The van der Waals surface area contributed by atoms with Crippen LogP contribution in [0.4, 0.5) is 8.78 Å². The lowest BCUT2D eigenvalue weighted by Crippen LogP contribution is -1.98. The molecule has 4 nitrogen and oxygen atoms in total. The molecule has 0 saturated heterocycles. The molecule has 102 valence electrons. The third kappa shape index (κ3) is 3.89. The van der Waals surface area contributed by atoms with E-state index in [1.807, 2.05) is 0 Å². The highest BCUT2D eigenvalue weighted by Crippen LogP contribution is 2.18. The SMILES string of the molecule is Fc1ccc(OCc2nnc(CCCCl)o2)c(F)c1. The Morgan fingerprint density at radius 3 is 2.74 bits per heavy atom. The highest BCUT2D eigenvalue weighted by molar-refractivity contribution is 6.17. The van der Waals surface area contributed by atoms with E-state index in [1.165, 1.54) is 6.07 Å². The number of halogens is 3. The summed E-state index contributed by atoms with van der Waals surface area (Å²) in [5.74, 6) is -0.309. The standard InChI is InChI=1S/C12H11ClF2N2O2/c13-5-1-2-11-16-17-12(19-11)7-18-10-4-3-8(14)6-9(10)15/h3-4,6H,1-2,5,7H2. The van der Waals surface area contributed by atoms with Gasteiger partial charge in [-0.05, 0) is 18.6 Å². The Hall–Kier alpha value is -1.69. The van der Waals surface area contributed by atoms with Gasteiger partial charge >= 0.3 is 0 Å². The molecule has 0 saturated carbocycles. The predicted octanol–water partition coefficient (Wildman–Crippen LogP) is 3.10. The topological polar surface area (TPSA) is 48.2 Å². The number of ether oxygens (including phenoxy) is 1. The molecule has 0 atom stereocenters. The maximum Gasteiger partial charge on any atom is 0.253 e. The first-order valence-electron chi connectivity index (χ1n) is 5.64. The normalized spacial score (nSPS) is 10.7. The molecule has 2 rings (SSSR count). The molecule has 0 spiro atoms. The van der Waals surface area contributed by atoms with Gasteiger partial charge in [-0.25, -0.2) is 8.78 Å². The molecule has 0 aliphatic rings. The van der Waals surface area contributed by atoms with Gasteiger partial charge in [-0.1, -0.05) is 0 Å². The first kappa shape index (κ1) is 13.7. The zero-order valence-corrected chi connectivity index (χ0v) is 10.7. The molecule has 7 heteroatoms. The Bertz CT molecular complexity index is 548. The van der Waals surface area contributed by atoms with Gasteiger partial charge in [0.25, 0.3) is 5.89 Å². The van der Waals surface area contributed by atoms with Gasteiger partial charge in [0.15, 0.2) is 18.2 Å². The molecule has 0 fully saturated rings. The molecule has 0 aliphatic heterocycles. The van der Waals surface area contributed by atoms with Gasteiger partial charge in [-0.2, -0.15) is 0 Å². The number of nitrogens with zero attached hydrogens (tertiary/aromatic N) is 2. The van der Waals surface area contributed by atoms with Crippen molar-refractivity contribution >= 4 is 11.6 Å². The molecule has 0 aliphatic carbocycles. The Kier molecular flexibility index (Phi) is 4.68. The number of rotatable bonds is 6. The molecule has 2 aromatic rings. The first-order chi connectivity index (χ1) is 9.19. The third-order valence-electron chi connectivity index (χ3n) is 2.28. The van der Waals surface area contributed by atoms with Gasteiger partial charge in [0.2, 0.25) is 5.89 Å². The van der Waals surface area contributed by atoms with E-state index in [0.29, 0.717) is 18.2 Å². The minimum absolute atomic E-state index is 0.0677. The monoisotopic (exact) mass is 288 g/mol. The molecule has 0 radical (unpaired) electrons. The van der Waals surface area contributed by atoms with Crippen molar-refractivity contribution in [1.29, 1.82) is 0 Å². The van der Waals surface area contributed by atoms with Gasteiger partial charge in [0.05, 0.1) is 0 Å². The number of benzene rings is 1. The Morgan fingerprint density at radius 1 is 1.21 bits per heavy atom. The molecule has 1 aromatic heterocycles. The van der Waals surface area contributed by atoms with Crippen LogP contribution in [0.25, 0.3) is 0 Å². The van der Waals surface area contributed by atoms with Crippen LogP contribution >= 0.6 is 11.6 Å². The Balaban J connectivity index is 1.92. The molecular formula is C12H11ClF2N2O2. The van der Waals surface area contributed by atoms with Crippen LogP contribution < -0.4 is 4.74 Å². The second-order valence-electron chi connectivity index (χ2n) is 3.75. The van der Waals surface area contributed by atoms with Crippen LogP contribution in [-0.2, 0) is 13.0 Å². The first-order valence-corrected chi connectivity index (χ1v) is 6.17. The summed E-state index contributed by atoms with van der Waals surface area (Å²) in [5, 5.41) is 7.54. The van der Waals surface area contributed by atoms with Crippen LogP contribution in [-0.4, -0.2) is 16.1 Å². The minimum Gasteiger partial charge on any atom is -0.481 e. The van der Waals surface area contributed by atoms with Crippen molar-refractivity contribution in [2.24, 2.45) is 0 Å². The van der Waals surface area contributed by atoms with Crippen molar-refractivity contribution in [2.45, 2.75) is 19.4 Å². The molecule has 0 N–H and O–H groups in total. The van der Waals surface area contributed by atoms with Crippen molar-refractivity contribution in [2.75, 3.05) is 5.88 Å². The van der Waals surface area contributed by atoms with E-state index in [-0.39, 0.29) is 18.2 Å². The fourth-order valence-electron chi connectivity index (χ4n) is 1.40. The van der Waals surface area contributed by atoms with Gasteiger partial charge < -0.3 is 9.15 Å². The summed E-state index contributed by atoms with van der Waals surface area (Å²) in [6.45, 7) is -0.0730. The molecule has 0 unspecified atom stereocenters. The van der Waals surface area contributed by atoms with Gasteiger partial charge in [0.1, 0.15) is 5.82 Å². The largest absolute Gasteiger partial charge is 0.481 e. The van der Waals surface area contributed by atoms with E-state index in [9.17, 15) is 8.78 Å². The van der Waals surface area contributed by atoms with Crippen molar-refractivity contribution in [3.8, 4) is 5.75 Å². The van der Waals surface area contributed by atoms with E-state index >= 15 is 0 Å². The van der Waals surface area contributed by atoms with Crippen molar-refractivity contribution in [3.63, 3.8) is 0 Å². The molecular weight excluding hydrogens is 278 g/mol. The summed E-state index contributed by atoms with van der Waals surface area (Å²) in [7, 11) is 0. The van der Waals surface area contributed by atoms with Gasteiger partial charge in [-0.3, -0.25) is 0 Å². The second-order valence-corrected chi connectivity index (χ2v) is 4.12. The molecule has 0 bridgehead atoms. The van der Waals surface area contributed by atoms with E-state index in [2.05, 4.69) is 10.2 Å². The van der Waals surface area contributed by atoms with Crippen molar-refractivity contribution in [3.05, 3.63) is 41.6 Å².